The van der Waals surface area contributed by atoms with Gasteiger partial charge in [-0.1, -0.05) is 19.1 Å². The Bertz CT molecular complexity index is 885. The van der Waals surface area contributed by atoms with Crippen molar-refractivity contribution in [3.63, 3.8) is 0 Å². The van der Waals surface area contributed by atoms with E-state index < -0.39 is 5.92 Å². The van der Waals surface area contributed by atoms with Crippen LogP contribution in [-0.2, 0) is 13.5 Å². The van der Waals surface area contributed by atoms with E-state index in [9.17, 15) is 10.1 Å². The number of fused-ring (bicyclic) bond motifs is 1. The lowest BCUT2D eigenvalue weighted by molar-refractivity contribution is 0.0978. The van der Waals surface area contributed by atoms with Crippen LogP contribution in [0.4, 0.5) is 0 Å². The summed E-state index contributed by atoms with van der Waals surface area (Å²) in [6, 6.07) is 11.7. The number of imidazole rings is 1. The molecule has 0 bridgehead atoms. The summed E-state index contributed by atoms with van der Waals surface area (Å²) in [7, 11) is 1.84. The summed E-state index contributed by atoms with van der Waals surface area (Å²) >= 11 is 1.40. The molecule has 1 aromatic carbocycles. The van der Waals surface area contributed by atoms with Crippen LogP contribution in [0.2, 0.25) is 0 Å². The summed E-state index contributed by atoms with van der Waals surface area (Å²) in [5, 5.41) is 11.4. The summed E-state index contributed by atoms with van der Waals surface area (Å²) in [6.07, 6.45) is 0.783. The Morgan fingerprint density at radius 1 is 1.41 bits per heavy atom. The van der Waals surface area contributed by atoms with Gasteiger partial charge >= 0.3 is 0 Å². The van der Waals surface area contributed by atoms with Crippen LogP contribution in [0.25, 0.3) is 11.0 Å². The largest absolute Gasteiger partial charge is 0.330 e. The van der Waals surface area contributed by atoms with E-state index in [2.05, 4.69) is 11.1 Å². The van der Waals surface area contributed by atoms with Crippen molar-refractivity contribution in [3.05, 3.63) is 52.0 Å². The molecular formula is C17H15N3OS. The van der Waals surface area contributed by atoms with Crippen molar-refractivity contribution in [2.45, 2.75) is 19.3 Å². The van der Waals surface area contributed by atoms with E-state index in [0.29, 0.717) is 10.7 Å². The Morgan fingerprint density at radius 3 is 2.86 bits per heavy atom. The van der Waals surface area contributed by atoms with E-state index in [-0.39, 0.29) is 5.78 Å². The van der Waals surface area contributed by atoms with Crippen molar-refractivity contribution < 1.29 is 4.79 Å². The quantitative estimate of drug-likeness (QED) is 0.691. The molecule has 4 nitrogen and oxygen atoms in total. The number of nitriles is 1. The zero-order valence-electron chi connectivity index (χ0n) is 12.4. The lowest BCUT2D eigenvalue weighted by Crippen LogP contribution is -2.15. The van der Waals surface area contributed by atoms with Crippen molar-refractivity contribution in [3.8, 4) is 6.07 Å². The van der Waals surface area contributed by atoms with Crippen molar-refractivity contribution in [2.24, 2.45) is 7.05 Å². The summed E-state index contributed by atoms with van der Waals surface area (Å²) in [4.78, 5) is 17.9. The Balaban J connectivity index is 2.09. The molecule has 0 saturated carbocycles. The van der Waals surface area contributed by atoms with Crippen molar-refractivity contribution in [1.82, 2.24) is 9.55 Å². The summed E-state index contributed by atoms with van der Waals surface area (Å²) in [6.45, 7) is 2.01. The molecule has 0 aliphatic carbocycles. The highest BCUT2D eigenvalue weighted by Gasteiger charge is 2.28. The number of aryl methyl sites for hydroxylation is 2. The normalized spacial score (nSPS) is 12.2. The number of Topliss-reactive ketones (excluding diaryl/α,β-unsaturated/α-hetero) is 1. The van der Waals surface area contributed by atoms with Crippen LogP contribution in [0.1, 0.15) is 33.9 Å². The van der Waals surface area contributed by atoms with Gasteiger partial charge in [0.25, 0.3) is 0 Å². The molecule has 1 atom stereocenters. The van der Waals surface area contributed by atoms with Gasteiger partial charge in [-0.3, -0.25) is 4.79 Å². The van der Waals surface area contributed by atoms with Gasteiger partial charge in [0.2, 0.25) is 0 Å². The molecule has 2 aromatic heterocycles. The molecule has 0 spiro atoms. The third kappa shape index (κ3) is 2.22. The van der Waals surface area contributed by atoms with Gasteiger partial charge in [-0.15, -0.1) is 11.3 Å². The number of aromatic nitrogens is 2. The maximum absolute atomic E-state index is 12.8. The van der Waals surface area contributed by atoms with Crippen LogP contribution in [0.5, 0.6) is 0 Å². The SMILES string of the molecule is CCc1ccsc1C(=O)[C@H](C#N)c1nc2ccccc2n1C. The van der Waals surface area contributed by atoms with Gasteiger partial charge in [0.1, 0.15) is 5.82 Å². The fourth-order valence-corrected chi connectivity index (χ4v) is 3.58. The van der Waals surface area contributed by atoms with Gasteiger partial charge in [-0.05, 0) is 35.6 Å². The second-order valence-electron chi connectivity index (χ2n) is 5.07. The lowest BCUT2D eigenvalue weighted by Gasteiger charge is -2.08. The molecule has 0 aliphatic heterocycles. The highest BCUT2D eigenvalue weighted by Crippen LogP contribution is 2.27. The number of para-hydroxylation sites is 2. The first-order chi connectivity index (χ1) is 10.7. The van der Waals surface area contributed by atoms with E-state index in [0.717, 1.165) is 23.0 Å². The minimum absolute atomic E-state index is 0.159. The maximum atomic E-state index is 12.8. The van der Waals surface area contributed by atoms with Crippen LogP contribution in [0.3, 0.4) is 0 Å². The minimum atomic E-state index is -0.874. The third-order valence-electron chi connectivity index (χ3n) is 3.82. The smallest absolute Gasteiger partial charge is 0.197 e. The first kappa shape index (κ1) is 14.5. The summed E-state index contributed by atoms with van der Waals surface area (Å²) in [5.74, 6) is -0.529. The van der Waals surface area contributed by atoms with Crippen molar-refractivity contribution >= 4 is 28.2 Å². The number of rotatable bonds is 4. The van der Waals surface area contributed by atoms with Crippen LogP contribution in [0.15, 0.2) is 35.7 Å². The van der Waals surface area contributed by atoms with Gasteiger partial charge in [0.15, 0.2) is 11.7 Å². The second-order valence-corrected chi connectivity index (χ2v) is 5.99. The average molecular weight is 309 g/mol. The third-order valence-corrected chi connectivity index (χ3v) is 4.79. The fourth-order valence-electron chi connectivity index (χ4n) is 2.62. The topological polar surface area (TPSA) is 58.7 Å². The molecular weight excluding hydrogens is 294 g/mol. The van der Waals surface area contributed by atoms with Gasteiger partial charge in [0, 0.05) is 7.05 Å². The minimum Gasteiger partial charge on any atom is -0.330 e. The molecule has 110 valence electrons. The van der Waals surface area contributed by atoms with Crippen molar-refractivity contribution in [2.75, 3.05) is 0 Å². The van der Waals surface area contributed by atoms with Crippen LogP contribution in [0, 0.1) is 11.3 Å². The van der Waals surface area contributed by atoms with Crippen LogP contribution < -0.4 is 0 Å². The number of hydrogen-bond donors (Lipinski definition) is 0. The van der Waals surface area contributed by atoms with E-state index in [1.54, 1.807) is 0 Å². The van der Waals surface area contributed by atoms with Gasteiger partial charge in [-0.25, -0.2) is 4.98 Å². The van der Waals surface area contributed by atoms with Crippen LogP contribution in [-0.4, -0.2) is 15.3 Å². The monoisotopic (exact) mass is 309 g/mol. The number of ketones is 1. The number of carbonyl (C=O) groups is 1. The van der Waals surface area contributed by atoms with Gasteiger partial charge in [0.05, 0.1) is 22.0 Å². The first-order valence-corrected chi connectivity index (χ1v) is 7.96. The van der Waals surface area contributed by atoms with Gasteiger partial charge < -0.3 is 4.57 Å². The molecule has 0 amide bonds. The number of carbonyl (C=O) groups excluding carboxylic acids is 1. The molecule has 0 saturated heterocycles. The molecule has 3 rings (SSSR count). The Morgan fingerprint density at radius 2 is 2.18 bits per heavy atom. The predicted octanol–water partition coefficient (Wildman–Crippen LogP) is 3.69. The predicted molar refractivity (Wildman–Crippen MR) is 87.1 cm³/mol. The lowest BCUT2D eigenvalue weighted by atomic mass is 10.0. The Labute approximate surface area is 132 Å². The highest BCUT2D eigenvalue weighted by molar-refractivity contribution is 7.12. The van der Waals surface area contributed by atoms with Gasteiger partial charge in [-0.2, -0.15) is 5.26 Å². The number of benzene rings is 1. The Hall–Kier alpha value is -2.45. The molecule has 0 unspecified atom stereocenters. The molecule has 3 aromatic rings. The van der Waals surface area contributed by atoms with E-state index in [4.69, 9.17) is 0 Å². The van der Waals surface area contributed by atoms with Crippen molar-refractivity contribution in [1.29, 1.82) is 5.26 Å². The van der Waals surface area contributed by atoms with E-state index in [1.165, 1.54) is 11.3 Å². The first-order valence-electron chi connectivity index (χ1n) is 7.09. The van der Waals surface area contributed by atoms with E-state index in [1.807, 2.05) is 54.3 Å². The zero-order chi connectivity index (χ0) is 15.7. The zero-order valence-corrected chi connectivity index (χ0v) is 13.2. The molecule has 5 heteroatoms. The molecule has 0 radical (unpaired) electrons. The highest BCUT2D eigenvalue weighted by atomic mass is 32.1. The number of hydrogen-bond acceptors (Lipinski definition) is 4. The molecule has 0 N–H and O–H groups in total. The number of nitrogens with zero attached hydrogens (tertiary/aromatic N) is 3. The second kappa shape index (κ2) is 5.74. The van der Waals surface area contributed by atoms with Crippen LogP contribution >= 0.6 is 11.3 Å². The summed E-state index contributed by atoms with van der Waals surface area (Å²) < 4.78 is 1.83. The molecule has 0 aliphatic rings. The van der Waals surface area contributed by atoms with E-state index >= 15 is 0 Å². The standard InChI is InChI=1S/C17H15N3OS/c1-3-11-8-9-22-16(11)15(21)12(10-18)17-19-13-6-4-5-7-14(13)20(17)2/h4-9,12H,3H2,1-2H3/t12-/m0/s1. The molecule has 0 fully saturated rings. The summed E-state index contributed by atoms with van der Waals surface area (Å²) in [5.41, 5.74) is 2.72. The number of thiophene rings is 1. The Kier molecular flexibility index (Phi) is 3.78. The fraction of sp³-hybridized carbons (Fsp3) is 0.235. The molecule has 22 heavy (non-hydrogen) atoms. The maximum Gasteiger partial charge on any atom is 0.197 e. The molecule has 2 heterocycles. The average Bonchev–Trinajstić information content (AvgIpc) is 3.14.